The van der Waals surface area contributed by atoms with Crippen molar-refractivity contribution < 1.29 is 17.6 Å². The van der Waals surface area contributed by atoms with Crippen molar-refractivity contribution in [1.29, 1.82) is 0 Å². The number of aromatic nitrogens is 1. The van der Waals surface area contributed by atoms with Crippen LogP contribution in [-0.2, 0) is 21.2 Å². The van der Waals surface area contributed by atoms with Crippen molar-refractivity contribution in [3.8, 4) is 10.6 Å². The summed E-state index contributed by atoms with van der Waals surface area (Å²) in [4.78, 5) is 18.6. The SMILES string of the molecule is Cc1ccc(Br)cc1S(=O)(=O)NNC(=O)Cc1csc(-c2ccc(F)cc2)n1. The Labute approximate surface area is 174 Å². The smallest absolute Gasteiger partial charge is 0.257 e. The Kier molecular flexibility index (Phi) is 6.23. The Hall–Kier alpha value is -2.14. The molecule has 28 heavy (non-hydrogen) atoms. The highest BCUT2D eigenvalue weighted by atomic mass is 79.9. The Morgan fingerprint density at radius 1 is 1.21 bits per heavy atom. The van der Waals surface area contributed by atoms with Crippen molar-refractivity contribution in [1.82, 2.24) is 15.2 Å². The van der Waals surface area contributed by atoms with E-state index in [1.54, 1.807) is 36.6 Å². The molecule has 1 amide bonds. The minimum atomic E-state index is -3.91. The molecule has 0 unspecified atom stereocenters. The first-order chi connectivity index (χ1) is 13.2. The summed E-state index contributed by atoms with van der Waals surface area (Å²) in [6, 6.07) is 10.7. The third kappa shape index (κ3) is 5.02. The minimum Gasteiger partial charge on any atom is -0.277 e. The number of thiazole rings is 1. The molecule has 2 N–H and O–H groups in total. The van der Waals surface area contributed by atoms with Gasteiger partial charge in [-0.2, -0.15) is 0 Å². The van der Waals surface area contributed by atoms with E-state index in [1.165, 1.54) is 29.5 Å². The van der Waals surface area contributed by atoms with Crippen LogP contribution < -0.4 is 10.3 Å². The predicted molar refractivity (Wildman–Crippen MR) is 109 cm³/mol. The van der Waals surface area contributed by atoms with Gasteiger partial charge in [0.2, 0.25) is 5.91 Å². The molecule has 0 aliphatic heterocycles. The van der Waals surface area contributed by atoms with Crippen LogP contribution in [0.3, 0.4) is 0 Å². The topological polar surface area (TPSA) is 88.2 Å². The predicted octanol–water partition coefficient (Wildman–Crippen LogP) is 3.57. The first-order valence-electron chi connectivity index (χ1n) is 8.02. The van der Waals surface area contributed by atoms with Crippen LogP contribution in [-0.4, -0.2) is 19.3 Å². The summed E-state index contributed by atoms with van der Waals surface area (Å²) in [5, 5.41) is 2.35. The zero-order valence-corrected chi connectivity index (χ0v) is 17.8. The molecule has 6 nitrogen and oxygen atoms in total. The molecular formula is C18H15BrFN3O3S2. The molecule has 0 aliphatic rings. The highest BCUT2D eigenvalue weighted by molar-refractivity contribution is 9.10. The van der Waals surface area contributed by atoms with Gasteiger partial charge in [0.05, 0.1) is 17.0 Å². The molecular weight excluding hydrogens is 469 g/mol. The van der Waals surface area contributed by atoms with Gasteiger partial charge in [-0.1, -0.05) is 22.0 Å². The molecule has 0 fully saturated rings. The fourth-order valence-corrected chi connectivity index (χ4v) is 4.84. The largest absolute Gasteiger partial charge is 0.277 e. The van der Waals surface area contributed by atoms with Crippen LogP contribution in [0.15, 0.2) is 57.2 Å². The average molecular weight is 484 g/mol. The Morgan fingerprint density at radius 3 is 2.64 bits per heavy atom. The Morgan fingerprint density at radius 2 is 1.93 bits per heavy atom. The number of aryl methyl sites for hydroxylation is 1. The number of hydrogen-bond donors (Lipinski definition) is 2. The van der Waals surface area contributed by atoms with E-state index in [-0.39, 0.29) is 17.1 Å². The number of sulfonamides is 1. The maximum Gasteiger partial charge on any atom is 0.257 e. The number of nitrogens with one attached hydrogen (secondary N) is 2. The minimum absolute atomic E-state index is 0.0643. The maximum atomic E-state index is 13.0. The Balaban J connectivity index is 1.63. The molecule has 0 saturated carbocycles. The molecule has 3 rings (SSSR count). The van der Waals surface area contributed by atoms with Crippen molar-refractivity contribution in [2.45, 2.75) is 18.2 Å². The van der Waals surface area contributed by atoms with Gasteiger partial charge in [-0.05, 0) is 48.9 Å². The van der Waals surface area contributed by atoms with Crippen LogP contribution in [0.2, 0.25) is 0 Å². The van der Waals surface area contributed by atoms with Crippen LogP contribution in [0.25, 0.3) is 10.6 Å². The van der Waals surface area contributed by atoms with Gasteiger partial charge >= 0.3 is 0 Å². The van der Waals surface area contributed by atoms with Gasteiger partial charge in [0.25, 0.3) is 10.0 Å². The van der Waals surface area contributed by atoms with Crippen LogP contribution in [0, 0.1) is 12.7 Å². The van der Waals surface area contributed by atoms with Gasteiger partial charge in [-0.15, -0.1) is 16.2 Å². The van der Waals surface area contributed by atoms with Crippen LogP contribution in [0.1, 0.15) is 11.3 Å². The number of rotatable bonds is 6. The van der Waals surface area contributed by atoms with Crippen molar-refractivity contribution in [3.05, 3.63) is 69.4 Å². The molecule has 0 spiro atoms. The van der Waals surface area contributed by atoms with Gasteiger partial charge in [0.15, 0.2) is 0 Å². The molecule has 2 aromatic carbocycles. The van der Waals surface area contributed by atoms with Gasteiger partial charge in [0, 0.05) is 15.4 Å². The third-order valence-electron chi connectivity index (χ3n) is 3.75. The molecule has 1 aromatic heterocycles. The zero-order valence-electron chi connectivity index (χ0n) is 14.6. The third-order valence-corrected chi connectivity index (χ3v) is 6.57. The summed E-state index contributed by atoms with van der Waals surface area (Å²) in [6.07, 6.45) is -0.0995. The van der Waals surface area contributed by atoms with Crippen molar-refractivity contribution in [2.75, 3.05) is 0 Å². The normalized spacial score (nSPS) is 11.4. The summed E-state index contributed by atoms with van der Waals surface area (Å²) in [7, 11) is -3.91. The van der Waals surface area contributed by atoms with Gasteiger partial charge in [0.1, 0.15) is 10.8 Å². The van der Waals surface area contributed by atoms with Crippen molar-refractivity contribution >= 4 is 43.2 Å². The lowest BCUT2D eigenvalue weighted by molar-refractivity contribution is -0.120. The van der Waals surface area contributed by atoms with Gasteiger partial charge in [-0.3, -0.25) is 10.2 Å². The number of hydrazine groups is 1. The number of carbonyl (C=O) groups is 1. The number of nitrogens with zero attached hydrogens (tertiary/aromatic N) is 1. The van der Waals surface area contributed by atoms with E-state index in [0.717, 1.165) is 5.56 Å². The second-order valence-electron chi connectivity index (χ2n) is 5.89. The molecule has 0 atom stereocenters. The van der Waals surface area contributed by atoms with Crippen molar-refractivity contribution in [3.63, 3.8) is 0 Å². The highest BCUT2D eigenvalue weighted by Crippen LogP contribution is 2.24. The molecule has 3 aromatic rings. The molecule has 0 bridgehead atoms. The summed E-state index contributed by atoms with van der Waals surface area (Å²) in [5.74, 6) is -0.889. The fraction of sp³-hybridized carbons (Fsp3) is 0.111. The molecule has 146 valence electrons. The van der Waals surface area contributed by atoms with Crippen LogP contribution in [0.4, 0.5) is 4.39 Å². The zero-order chi connectivity index (χ0) is 20.3. The summed E-state index contributed by atoms with van der Waals surface area (Å²) in [6.45, 7) is 1.66. The second-order valence-corrected chi connectivity index (χ2v) is 9.32. The Bertz CT molecular complexity index is 1120. The van der Waals surface area contributed by atoms with E-state index in [4.69, 9.17) is 0 Å². The molecule has 0 aliphatic carbocycles. The number of benzene rings is 2. The van der Waals surface area contributed by atoms with Crippen molar-refractivity contribution in [2.24, 2.45) is 0 Å². The average Bonchev–Trinajstić information content (AvgIpc) is 3.11. The van der Waals surface area contributed by atoms with E-state index in [1.807, 2.05) is 0 Å². The van der Waals surface area contributed by atoms with Gasteiger partial charge in [-0.25, -0.2) is 17.8 Å². The number of carbonyl (C=O) groups excluding carboxylic acids is 1. The van der Waals surface area contributed by atoms with E-state index < -0.39 is 15.9 Å². The monoisotopic (exact) mass is 483 g/mol. The van der Waals surface area contributed by atoms with E-state index in [0.29, 0.717) is 20.7 Å². The lowest BCUT2D eigenvalue weighted by atomic mass is 10.2. The summed E-state index contributed by atoms with van der Waals surface area (Å²) >= 11 is 4.55. The van der Waals surface area contributed by atoms with E-state index in [9.17, 15) is 17.6 Å². The molecule has 0 saturated heterocycles. The first-order valence-corrected chi connectivity index (χ1v) is 11.2. The lowest BCUT2D eigenvalue weighted by Crippen LogP contribution is -2.42. The number of hydrogen-bond acceptors (Lipinski definition) is 5. The maximum absolute atomic E-state index is 13.0. The lowest BCUT2D eigenvalue weighted by Gasteiger charge is -2.10. The van der Waals surface area contributed by atoms with Crippen LogP contribution >= 0.6 is 27.3 Å². The fourth-order valence-electron chi connectivity index (χ4n) is 2.36. The first kappa shape index (κ1) is 20.6. The second kappa shape index (κ2) is 8.48. The summed E-state index contributed by atoms with van der Waals surface area (Å²) < 4.78 is 38.4. The highest BCUT2D eigenvalue weighted by Gasteiger charge is 2.18. The number of halogens is 2. The van der Waals surface area contributed by atoms with E-state index in [2.05, 4.69) is 31.2 Å². The standard InChI is InChI=1S/C18H15BrFN3O3S2/c1-11-2-5-13(19)8-16(11)28(25,26)23-22-17(24)9-15-10-27-18(21-15)12-3-6-14(20)7-4-12/h2-8,10,23H,9H2,1H3,(H,22,24). The molecule has 1 heterocycles. The van der Waals surface area contributed by atoms with E-state index >= 15 is 0 Å². The molecule has 0 radical (unpaired) electrons. The molecule has 10 heteroatoms. The van der Waals surface area contributed by atoms with Crippen LogP contribution in [0.5, 0.6) is 0 Å². The van der Waals surface area contributed by atoms with Gasteiger partial charge < -0.3 is 0 Å². The number of amides is 1. The quantitative estimate of drug-likeness (QED) is 0.524. The summed E-state index contributed by atoms with van der Waals surface area (Å²) in [5.41, 5.74) is 3.97.